The Hall–Kier alpha value is -7.32. The van der Waals surface area contributed by atoms with Crippen LogP contribution < -0.4 is 48.7 Å². The molecule has 1 aliphatic heterocycles. The summed E-state index contributed by atoms with van der Waals surface area (Å²) in [6, 6.07) is 20.5. The second-order valence-electron chi connectivity index (χ2n) is 17.5. The van der Waals surface area contributed by atoms with Gasteiger partial charge in [0.2, 0.25) is 41.4 Å². The smallest absolute Gasteiger partial charge is 0.270 e. The number of hydrogen-bond acceptors (Lipinski definition) is 11. The highest BCUT2D eigenvalue weighted by Crippen LogP contribution is 2.14. The van der Waals surface area contributed by atoms with Gasteiger partial charge in [-0.3, -0.25) is 43.2 Å². The Bertz CT molecular complexity index is 2380. The quantitative estimate of drug-likeness (QED) is 0.0490. The van der Waals surface area contributed by atoms with Crippen LogP contribution in [0.4, 0.5) is 0 Å². The molecule has 19 nitrogen and oxygen atoms in total. The van der Waals surface area contributed by atoms with Crippen molar-refractivity contribution in [2.45, 2.75) is 89.0 Å². The van der Waals surface area contributed by atoms with Crippen LogP contribution in [0, 0.1) is 5.92 Å². The zero-order chi connectivity index (χ0) is 51.9. The lowest BCUT2D eigenvalue weighted by molar-refractivity contribution is -0.135. The highest BCUT2D eigenvalue weighted by atomic mass is 32.2. The normalized spacial score (nSPS) is 15.3. The van der Waals surface area contributed by atoms with Crippen molar-refractivity contribution in [1.29, 1.82) is 0 Å². The van der Waals surface area contributed by atoms with Crippen molar-refractivity contribution in [3.8, 4) is 0 Å². The second-order valence-corrected chi connectivity index (χ2v) is 18.5. The first-order valence-corrected chi connectivity index (χ1v) is 24.8. The summed E-state index contributed by atoms with van der Waals surface area (Å²) in [5.41, 5.74) is 12.3. The van der Waals surface area contributed by atoms with E-state index in [1.54, 1.807) is 91.0 Å². The van der Waals surface area contributed by atoms with E-state index in [0.717, 1.165) is 11.3 Å². The fourth-order valence-electron chi connectivity index (χ4n) is 7.44. The SMILES string of the molecule is CSCC[C@H](NC(=O)[C@H](CC(C)C)NC(=O)CN(C)C(=O)/C(=C\c1ccccc1)NC(=O)[C@H](Cc1ccccc1)NC(=O)[C@H](CCC(N)=O)NC(=O)/C(=C\c1ccccc1)NC(=O)[C@@H]1CCCN1)C(N)=O. The second kappa shape index (κ2) is 29.0. The van der Waals surface area contributed by atoms with Crippen LogP contribution in [0.2, 0.25) is 0 Å². The maximum absolute atomic E-state index is 14.5. The molecule has 11 N–H and O–H groups in total. The summed E-state index contributed by atoms with van der Waals surface area (Å²) in [5.74, 6) is -6.14. The number of hydrogen-bond donors (Lipinski definition) is 9. The molecule has 20 heteroatoms. The van der Waals surface area contributed by atoms with E-state index >= 15 is 0 Å². The number of likely N-dealkylation sites (N-methyl/N-ethyl adjacent to an activating group) is 1. The number of primary amides is 2. The molecule has 0 aromatic heterocycles. The Morgan fingerprint density at radius 2 is 1.28 bits per heavy atom. The molecule has 1 aliphatic rings. The molecule has 0 spiro atoms. The van der Waals surface area contributed by atoms with E-state index in [-0.39, 0.29) is 43.0 Å². The van der Waals surface area contributed by atoms with Crippen LogP contribution in [0.25, 0.3) is 12.2 Å². The van der Waals surface area contributed by atoms with E-state index in [0.29, 0.717) is 41.8 Å². The summed E-state index contributed by atoms with van der Waals surface area (Å²) < 4.78 is 0. The molecule has 9 amide bonds. The van der Waals surface area contributed by atoms with Gasteiger partial charge in [-0.05, 0) is 85.4 Å². The minimum absolute atomic E-state index is 0.0565. The third-order valence-corrected chi connectivity index (χ3v) is 11.8. The fraction of sp³-hybridized carbons (Fsp3) is 0.392. The van der Waals surface area contributed by atoms with Crippen LogP contribution in [0.3, 0.4) is 0 Å². The molecule has 3 aromatic rings. The maximum atomic E-state index is 14.5. The molecule has 1 heterocycles. The molecular formula is C51H66N10O9S. The average Bonchev–Trinajstić information content (AvgIpc) is 3.89. The first-order chi connectivity index (χ1) is 33.9. The van der Waals surface area contributed by atoms with Gasteiger partial charge in [0.1, 0.15) is 35.6 Å². The van der Waals surface area contributed by atoms with Gasteiger partial charge in [0.25, 0.3) is 11.8 Å². The largest absolute Gasteiger partial charge is 0.370 e. The van der Waals surface area contributed by atoms with Crippen LogP contribution in [-0.2, 0) is 49.6 Å². The van der Waals surface area contributed by atoms with Gasteiger partial charge in [-0.1, -0.05) is 105 Å². The van der Waals surface area contributed by atoms with Crippen LogP contribution in [-0.4, -0.2) is 120 Å². The van der Waals surface area contributed by atoms with Gasteiger partial charge < -0.3 is 53.6 Å². The van der Waals surface area contributed by atoms with E-state index in [9.17, 15) is 43.2 Å². The molecule has 0 saturated carbocycles. The molecule has 0 radical (unpaired) electrons. The summed E-state index contributed by atoms with van der Waals surface area (Å²) in [6.07, 6.45) is 5.80. The molecule has 5 atom stereocenters. The molecule has 0 unspecified atom stereocenters. The highest BCUT2D eigenvalue weighted by Gasteiger charge is 2.32. The lowest BCUT2D eigenvalue weighted by atomic mass is 10.0. The Morgan fingerprint density at radius 1 is 0.704 bits per heavy atom. The van der Waals surface area contributed by atoms with E-state index in [1.165, 1.54) is 31.0 Å². The number of benzene rings is 3. The van der Waals surface area contributed by atoms with Gasteiger partial charge in [-0.25, -0.2) is 0 Å². The van der Waals surface area contributed by atoms with Crippen LogP contribution >= 0.6 is 11.8 Å². The summed E-state index contributed by atoms with van der Waals surface area (Å²) in [6.45, 7) is 3.78. The number of nitrogens with zero attached hydrogens (tertiary/aromatic N) is 1. The number of nitrogens with one attached hydrogen (secondary N) is 7. The molecule has 71 heavy (non-hydrogen) atoms. The standard InChI is InChI=1S/C51H66N10O9S/c1-32(2)27-39(48(67)56-36(45(53)64)24-26-71-4)55-44(63)31-61(3)51(70)42(30-35-19-12-7-13-20-35)60-50(69)41(29-34-17-10-6-11-18-34)59-47(66)38(22-23-43(52)62)57-49(68)40(28-33-15-8-5-9-16-33)58-46(65)37-21-14-25-54-37/h5-13,15-20,28,30,32,36-39,41,54H,14,21-27,29,31H2,1-4H3,(H2,52,62)(H2,53,64)(H,55,63)(H,56,67)(H,57,68)(H,58,65)(H,59,66)(H,60,69)/b40-28+,42-30+/t36-,37-,38-,39-,41-/m0/s1. The van der Waals surface area contributed by atoms with Gasteiger partial charge in [0.05, 0.1) is 12.6 Å². The number of rotatable bonds is 27. The fourth-order valence-corrected chi connectivity index (χ4v) is 7.91. The van der Waals surface area contributed by atoms with Gasteiger partial charge in [0, 0.05) is 19.9 Å². The van der Waals surface area contributed by atoms with Crippen molar-refractivity contribution in [2.75, 3.05) is 32.1 Å². The van der Waals surface area contributed by atoms with Crippen LogP contribution in [0.15, 0.2) is 102 Å². The van der Waals surface area contributed by atoms with Gasteiger partial charge in [-0.15, -0.1) is 0 Å². The zero-order valence-corrected chi connectivity index (χ0v) is 41.4. The molecule has 380 valence electrons. The molecule has 1 saturated heterocycles. The lowest BCUT2D eigenvalue weighted by Crippen LogP contribution is -2.56. The summed E-state index contributed by atoms with van der Waals surface area (Å²) >= 11 is 1.48. The van der Waals surface area contributed by atoms with Gasteiger partial charge in [0.15, 0.2) is 0 Å². The summed E-state index contributed by atoms with van der Waals surface area (Å²) in [5, 5.41) is 19.0. The first kappa shape index (κ1) is 56.3. The molecule has 1 fully saturated rings. The average molecular weight is 995 g/mol. The number of thioether (sulfide) groups is 1. The Labute approximate surface area is 418 Å². The van der Waals surface area contributed by atoms with Crippen molar-refractivity contribution in [1.82, 2.24) is 42.1 Å². The Kier molecular flexibility index (Phi) is 23.0. The minimum atomic E-state index is -1.45. The van der Waals surface area contributed by atoms with Crippen LogP contribution in [0.1, 0.15) is 69.1 Å². The summed E-state index contributed by atoms with van der Waals surface area (Å²) in [4.78, 5) is 123. The first-order valence-electron chi connectivity index (χ1n) is 23.4. The topological polar surface area (TPSA) is 293 Å². The third kappa shape index (κ3) is 19.5. The number of carbonyl (C=O) groups excluding carboxylic acids is 9. The van der Waals surface area contributed by atoms with E-state index in [1.807, 2.05) is 20.1 Å². The predicted molar refractivity (Wildman–Crippen MR) is 272 cm³/mol. The van der Waals surface area contributed by atoms with Crippen molar-refractivity contribution in [3.63, 3.8) is 0 Å². The third-order valence-electron chi connectivity index (χ3n) is 11.2. The lowest BCUT2D eigenvalue weighted by Gasteiger charge is -2.26. The van der Waals surface area contributed by atoms with E-state index < -0.39 is 89.9 Å². The van der Waals surface area contributed by atoms with Gasteiger partial charge >= 0.3 is 0 Å². The Balaban J connectivity index is 1.61. The molecular weight excluding hydrogens is 929 g/mol. The zero-order valence-electron chi connectivity index (χ0n) is 40.5. The predicted octanol–water partition coefficient (Wildman–Crippen LogP) is 1.24. The number of carbonyl (C=O) groups is 9. The summed E-state index contributed by atoms with van der Waals surface area (Å²) in [7, 11) is 1.33. The monoisotopic (exact) mass is 994 g/mol. The van der Waals surface area contributed by atoms with Crippen molar-refractivity contribution >= 4 is 77.1 Å². The molecule has 0 bridgehead atoms. The number of amides is 9. The number of nitrogens with two attached hydrogens (primary N) is 2. The molecule has 0 aliphatic carbocycles. The molecule has 3 aromatic carbocycles. The Morgan fingerprint density at radius 3 is 1.83 bits per heavy atom. The van der Waals surface area contributed by atoms with Crippen LogP contribution in [0.5, 0.6) is 0 Å². The minimum Gasteiger partial charge on any atom is -0.370 e. The highest BCUT2D eigenvalue weighted by molar-refractivity contribution is 7.98. The van der Waals surface area contributed by atoms with E-state index in [4.69, 9.17) is 11.5 Å². The van der Waals surface area contributed by atoms with E-state index in [2.05, 4.69) is 37.2 Å². The van der Waals surface area contributed by atoms with Crippen molar-refractivity contribution < 1.29 is 43.2 Å². The van der Waals surface area contributed by atoms with Gasteiger partial charge in [-0.2, -0.15) is 11.8 Å². The van der Waals surface area contributed by atoms with Crippen molar-refractivity contribution in [2.24, 2.45) is 17.4 Å². The maximum Gasteiger partial charge on any atom is 0.270 e. The van der Waals surface area contributed by atoms with Crippen molar-refractivity contribution in [3.05, 3.63) is 119 Å². The molecule has 4 rings (SSSR count).